The van der Waals surface area contributed by atoms with Crippen molar-refractivity contribution in [3.8, 4) is 17.2 Å². The van der Waals surface area contributed by atoms with E-state index in [2.05, 4.69) is 35.2 Å². The summed E-state index contributed by atoms with van der Waals surface area (Å²) in [6.07, 6.45) is 8.27. The van der Waals surface area contributed by atoms with Crippen molar-refractivity contribution in [2.45, 2.75) is 57.4 Å². The molecule has 6 nitrogen and oxygen atoms in total. The highest BCUT2D eigenvalue weighted by molar-refractivity contribution is 5.96. The maximum Gasteiger partial charge on any atom is 0.254 e. The summed E-state index contributed by atoms with van der Waals surface area (Å²) in [6, 6.07) is 15.0. The van der Waals surface area contributed by atoms with E-state index < -0.39 is 0 Å². The standard InChI is InChI=1S/C28H32N2O4/c1-18-33-26-15-21(14-25(32-2)27(26)34-18)28(31)29-16-22(12-19-8-4-3-5-9-19)30-23(17-29)13-20-10-6-7-11-24(20)30/h3-5,8-9,12,14-15,18,20,23-24H,6-7,10-11,13,16-17H2,1-2H3/b22-12-/t18?,20-,23-,24-/m0/s1. The van der Waals surface area contributed by atoms with Crippen LogP contribution in [0.4, 0.5) is 0 Å². The maximum absolute atomic E-state index is 13.8. The zero-order chi connectivity index (χ0) is 23.2. The highest BCUT2D eigenvalue weighted by Gasteiger charge is 2.46. The number of carbonyl (C=O) groups is 1. The molecule has 34 heavy (non-hydrogen) atoms. The second-order valence-corrected chi connectivity index (χ2v) is 9.95. The van der Waals surface area contributed by atoms with Crippen LogP contribution in [0.15, 0.2) is 48.2 Å². The van der Waals surface area contributed by atoms with E-state index in [1.807, 2.05) is 17.9 Å². The van der Waals surface area contributed by atoms with Gasteiger partial charge in [-0.25, -0.2) is 0 Å². The summed E-state index contributed by atoms with van der Waals surface area (Å²) in [4.78, 5) is 18.5. The Morgan fingerprint density at radius 3 is 2.76 bits per heavy atom. The number of benzene rings is 2. The van der Waals surface area contributed by atoms with Gasteiger partial charge in [0.1, 0.15) is 0 Å². The lowest BCUT2D eigenvalue weighted by atomic mass is 9.85. The van der Waals surface area contributed by atoms with Gasteiger partial charge in [-0.1, -0.05) is 43.2 Å². The summed E-state index contributed by atoms with van der Waals surface area (Å²) in [5, 5.41) is 0. The number of amides is 1. The van der Waals surface area contributed by atoms with Crippen molar-refractivity contribution in [3.63, 3.8) is 0 Å². The van der Waals surface area contributed by atoms with Gasteiger partial charge in [-0.3, -0.25) is 4.79 Å². The summed E-state index contributed by atoms with van der Waals surface area (Å²) >= 11 is 0. The van der Waals surface area contributed by atoms with E-state index in [0.717, 1.165) is 12.5 Å². The maximum atomic E-state index is 13.8. The largest absolute Gasteiger partial charge is 0.493 e. The molecule has 6 heteroatoms. The average molecular weight is 461 g/mol. The number of fused-ring (bicyclic) bond motifs is 4. The van der Waals surface area contributed by atoms with Crippen LogP contribution in [0.2, 0.25) is 0 Å². The molecule has 0 spiro atoms. The third-order valence-corrected chi connectivity index (χ3v) is 7.79. The molecule has 3 fully saturated rings. The summed E-state index contributed by atoms with van der Waals surface area (Å²) in [7, 11) is 1.59. The predicted molar refractivity (Wildman–Crippen MR) is 130 cm³/mol. The summed E-state index contributed by atoms with van der Waals surface area (Å²) < 4.78 is 17.0. The quantitative estimate of drug-likeness (QED) is 0.649. The number of hydrogen-bond donors (Lipinski definition) is 0. The van der Waals surface area contributed by atoms with Crippen molar-refractivity contribution < 1.29 is 19.0 Å². The Bertz CT molecular complexity index is 1110. The second-order valence-electron chi connectivity index (χ2n) is 9.95. The normalized spacial score (nSPS) is 28.6. The number of piperazine rings is 1. The fraction of sp³-hybridized carbons (Fsp3) is 0.464. The molecule has 3 heterocycles. The van der Waals surface area contributed by atoms with Gasteiger partial charge in [0.2, 0.25) is 12.0 Å². The molecule has 0 aromatic heterocycles. The first-order valence-electron chi connectivity index (χ1n) is 12.5. The van der Waals surface area contributed by atoms with Crippen LogP contribution in [0.1, 0.15) is 54.9 Å². The Hall–Kier alpha value is -3.15. The van der Waals surface area contributed by atoms with Gasteiger partial charge < -0.3 is 24.0 Å². The minimum atomic E-state index is -0.389. The summed E-state index contributed by atoms with van der Waals surface area (Å²) in [6.45, 7) is 3.20. The van der Waals surface area contributed by atoms with Crippen molar-refractivity contribution in [2.24, 2.45) is 5.92 Å². The Morgan fingerprint density at radius 1 is 1.12 bits per heavy atom. The van der Waals surface area contributed by atoms with Crippen molar-refractivity contribution in [2.75, 3.05) is 20.2 Å². The van der Waals surface area contributed by atoms with Gasteiger partial charge in [0.25, 0.3) is 5.91 Å². The molecule has 1 amide bonds. The highest BCUT2D eigenvalue weighted by atomic mass is 16.7. The minimum absolute atomic E-state index is 0.0118. The molecule has 2 saturated heterocycles. The Morgan fingerprint density at radius 2 is 1.94 bits per heavy atom. The third-order valence-electron chi connectivity index (χ3n) is 7.79. The smallest absolute Gasteiger partial charge is 0.254 e. The molecular formula is C28H32N2O4. The molecule has 1 unspecified atom stereocenters. The zero-order valence-corrected chi connectivity index (χ0v) is 19.9. The lowest BCUT2D eigenvalue weighted by Gasteiger charge is -2.44. The van der Waals surface area contributed by atoms with Crippen molar-refractivity contribution in [3.05, 3.63) is 59.3 Å². The van der Waals surface area contributed by atoms with E-state index in [1.165, 1.54) is 43.4 Å². The van der Waals surface area contributed by atoms with Crippen molar-refractivity contribution in [1.29, 1.82) is 0 Å². The fourth-order valence-electron chi connectivity index (χ4n) is 6.39. The first kappa shape index (κ1) is 21.4. The molecule has 2 aromatic carbocycles. The monoisotopic (exact) mass is 460 g/mol. The van der Waals surface area contributed by atoms with Gasteiger partial charge in [0.15, 0.2) is 11.5 Å². The van der Waals surface area contributed by atoms with Gasteiger partial charge in [-0.2, -0.15) is 0 Å². The van der Waals surface area contributed by atoms with Crippen LogP contribution in [0.25, 0.3) is 6.08 Å². The number of rotatable bonds is 3. The molecule has 6 rings (SSSR count). The average Bonchev–Trinajstić information content (AvgIpc) is 3.43. The van der Waals surface area contributed by atoms with Crippen molar-refractivity contribution >= 4 is 12.0 Å². The Balaban J connectivity index is 1.33. The zero-order valence-electron chi connectivity index (χ0n) is 19.9. The van der Waals surface area contributed by atoms with Crippen LogP contribution in [0.5, 0.6) is 17.2 Å². The summed E-state index contributed by atoms with van der Waals surface area (Å²) in [5.41, 5.74) is 3.02. The molecule has 0 radical (unpaired) electrons. The predicted octanol–water partition coefficient (Wildman–Crippen LogP) is 4.94. The van der Waals surface area contributed by atoms with Crippen LogP contribution in [-0.4, -0.2) is 54.3 Å². The number of nitrogens with zero attached hydrogens (tertiary/aromatic N) is 2. The van der Waals surface area contributed by atoms with E-state index >= 15 is 0 Å². The van der Waals surface area contributed by atoms with Crippen LogP contribution < -0.4 is 14.2 Å². The molecule has 4 atom stereocenters. The SMILES string of the molecule is COc1cc(C(=O)N2C/C(=C/c3ccccc3)N3[C@@H](C[C@@H]4CCCC[C@@H]43)C2)cc2c1OC(C)O2. The van der Waals surface area contributed by atoms with Gasteiger partial charge in [0, 0.05) is 36.8 Å². The number of hydrogen-bond acceptors (Lipinski definition) is 5. The molecular weight excluding hydrogens is 428 g/mol. The lowest BCUT2D eigenvalue weighted by Crippen LogP contribution is -2.53. The molecule has 4 aliphatic rings. The van der Waals surface area contributed by atoms with E-state index in [4.69, 9.17) is 14.2 Å². The molecule has 1 saturated carbocycles. The number of methoxy groups -OCH3 is 1. The van der Waals surface area contributed by atoms with Gasteiger partial charge in [-0.15, -0.1) is 0 Å². The van der Waals surface area contributed by atoms with Crippen LogP contribution in [-0.2, 0) is 0 Å². The molecule has 1 aliphatic carbocycles. The molecule has 0 bridgehead atoms. The van der Waals surface area contributed by atoms with Gasteiger partial charge in [-0.05, 0) is 49.0 Å². The third kappa shape index (κ3) is 3.69. The molecule has 3 aliphatic heterocycles. The van der Waals surface area contributed by atoms with E-state index in [-0.39, 0.29) is 12.2 Å². The van der Waals surface area contributed by atoms with Crippen LogP contribution in [0, 0.1) is 5.92 Å². The number of ether oxygens (including phenoxy) is 3. The number of carbonyl (C=O) groups excluding carboxylic acids is 1. The topological polar surface area (TPSA) is 51.2 Å². The first-order chi connectivity index (χ1) is 16.6. The van der Waals surface area contributed by atoms with Gasteiger partial charge in [0.05, 0.1) is 13.7 Å². The molecule has 0 N–H and O–H groups in total. The Labute approximate surface area is 201 Å². The van der Waals surface area contributed by atoms with Gasteiger partial charge >= 0.3 is 0 Å². The minimum Gasteiger partial charge on any atom is -0.493 e. The molecule has 178 valence electrons. The van der Waals surface area contributed by atoms with E-state index in [9.17, 15) is 4.79 Å². The second kappa shape index (κ2) is 8.57. The highest BCUT2D eigenvalue weighted by Crippen LogP contribution is 2.46. The van der Waals surface area contributed by atoms with Crippen LogP contribution in [0.3, 0.4) is 0 Å². The van der Waals surface area contributed by atoms with E-state index in [0.29, 0.717) is 41.4 Å². The van der Waals surface area contributed by atoms with Crippen molar-refractivity contribution in [1.82, 2.24) is 9.80 Å². The molecule has 2 aromatic rings. The van der Waals surface area contributed by atoms with E-state index in [1.54, 1.807) is 19.2 Å². The first-order valence-corrected chi connectivity index (χ1v) is 12.5. The Kier molecular flexibility index (Phi) is 5.39. The van der Waals surface area contributed by atoms with Crippen LogP contribution >= 0.6 is 0 Å². The lowest BCUT2D eigenvalue weighted by molar-refractivity contribution is 0.0606. The summed E-state index contributed by atoms with van der Waals surface area (Å²) in [5.74, 6) is 2.43. The fourth-order valence-corrected chi connectivity index (χ4v) is 6.39.